The minimum absolute atomic E-state index is 0.0953. The van der Waals surface area contributed by atoms with Crippen molar-refractivity contribution in [3.05, 3.63) is 53.7 Å². The molecular formula is C16H14F3N3O3. The van der Waals surface area contributed by atoms with E-state index in [1.54, 1.807) is 18.2 Å². The second-order valence-electron chi connectivity index (χ2n) is 4.93. The molecule has 6 nitrogen and oxygen atoms in total. The molecule has 0 bridgehead atoms. The minimum atomic E-state index is -4.45. The lowest BCUT2D eigenvalue weighted by atomic mass is 10.2. The smallest absolute Gasteiger partial charge is 0.422 e. The van der Waals surface area contributed by atoms with Crippen LogP contribution in [0.2, 0.25) is 0 Å². The molecule has 1 aromatic heterocycles. The number of nitrogens with one attached hydrogen (secondary N) is 2. The summed E-state index contributed by atoms with van der Waals surface area (Å²) in [7, 11) is 0. The van der Waals surface area contributed by atoms with E-state index in [1.807, 2.05) is 0 Å². The quantitative estimate of drug-likeness (QED) is 0.750. The molecule has 0 saturated carbocycles. The highest BCUT2D eigenvalue weighted by Crippen LogP contribution is 2.17. The maximum absolute atomic E-state index is 12.1. The Hall–Kier alpha value is -3.10. The Morgan fingerprint density at radius 2 is 1.92 bits per heavy atom. The molecule has 9 heteroatoms. The number of hydrogen-bond acceptors (Lipinski definition) is 4. The Balaban J connectivity index is 1.91. The number of nitrogens with zero attached hydrogens (tertiary/aromatic N) is 1. The zero-order valence-electron chi connectivity index (χ0n) is 12.8. The molecule has 25 heavy (non-hydrogen) atoms. The van der Waals surface area contributed by atoms with Crippen LogP contribution >= 0.6 is 0 Å². The number of hydrogen-bond donors (Lipinski definition) is 2. The monoisotopic (exact) mass is 353 g/mol. The average Bonchev–Trinajstić information content (AvgIpc) is 2.59. The zero-order valence-corrected chi connectivity index (χ0v) is 12.8. The fourth-order valence-corrected chi connectivity index (χ4v) is 1.87. The van der Waals surface area contributed by atoms with Crippen LogP contribution in [0.25, 0.3) is 0 Å². The lowest BCUT2D eigenvalue weighted by Gasteiger charge is -2.10. The van der Waals surface area contributed by atoms with Crippen molar-refractivity contribution >= 4 is 18.0 Å². The molecule has 2 rings (SSSR count). The summed E-state index contributed by atoms with van der Waals surface area (Å²) >= 11 is 0. The van der Waals surface area contributed by atoms with Gasteiger partial charge >= 0.3 is 6.18 Å². The van der Waals surface area contributed by atoms with Gasteiger partial charge in [0.15, 0.2) is 6.61 Å². The van der Waals surface area contributed by atoms with Crippen LogP contribution in [0, 0.1) is 0 Å². The van der Waals surface area contributed by atoms with Crippen LogP contribution in [-0.4, -0.2) is 30.1 Å². The van der Waals surface area contributed by atoms with Crippen LogP contribution in [0.4, 0.5) is 18.9 Å². The first-order chi connectivity index (χ1) is 11.9. The molecule has 0 saturated heterocycles. The highest BCUT2D eigenvalue weighted by atomic mass is 19.4. The summed E-state index contributed by atoms with van der Waals surface area (Å²) in [6, 6.07) is 9.08. The maximum Gasteiger partial charge on any atom is 0.422 e. The number of carbonyl (C=O) groups excluding carboxylic acids is 2. The molecule has 0 unspecified atom stereocenters. The van der Waals surface area contributed by atoms with Crippen LogP contribution < -0.4 is 15.4 Å². The first-order valence-electron chi connectivity index (χ1n) is 7.10. The Morgan fingerprint density at radius 3 is 2.56 bits per heavy atom. The van der Waals surface area contributed by atoms with E-state index in [0.717, 1.165) is 0 Å². The normalized spacial score (nSPS) is 10.8. The van der Waals surface area contributed by atoms with Crippen LogP contribution in [0.1, 0.15) is 15.9 Å². The molecular weight excluding hydrogens is 339 g/mol. The molecule has 0 fully saturated rings. The number of aromatic nitrogens is 1. The van der Waals surface area contributed by atoms with Gasteiger partial charge in [0.05, 0.1) is 0 Å². The number of ether oxygens (including phenoxy) is 1. The highest BCUT2D eigenvalue weighted by molar-refractivity contribution is 5.94. The number of halogens is 3. The molecule has 1 heterocycles. The van der Waals surface area contributed by atoms with E-state index in [9.17, 15) is 22.8 Å². The van der Waals surface area contributed by atoms with Gasteiger partial charge in [-0.1, -0.05) is 0 Å². The van der Waals surface area contributed by atoms with Crippen molar-refractivity contribution < 1.29 is 27.5 Å². The molecule has 132 valence electrons. The minimum Gasteiger partial charge on any atom is -0.468 e. The molecule has 0 aliphatic carbocycles. The average molecular weight is 353 g/mol. The number of anilines is 1. The van der Waals surface area contributed by atoms with Gasteiger partial charge < -0.3 is 15.4 Å². The number of alkyl halides is 3. The Bertz CT molecular complexity index is 733. The van der Waals surface area contributed by atoms with E-state index in [0.29, 0.717) is 23.2 Å². The molecule has 0 radical (unpaired) electrons. The maximum atomic E-state index is 12.1. The molecule has 1 aromatic carbocycles. The molecule has 2 N–H and O–H groups in total. The fraction of sp³-hybridized carbons (Fsp3) is 0.188. The van der Waals surface area contributed by atoms with Gasteiger partial charge in [-0.2, -0.15) is 13.2 Å². The van der Waals surface area contributed by atoms with Gasteiger partial charge in [0.1, 0.15) is 0 Å². The van der Waals surface area contributed by atoms with Crippen molar-refractivity contribution in [1.82, 2.24) is 10.3 Å². The van der Waals surface area contributed by atoms with Crippen molar-refractivity contribution in [3.8, 4) is 5.88 Å². The predicted octanol–water partition coefficient (Wildman–Crippen LogP) is 2.52. The summed E-state index contributed by atoms with van der Waals surface area (Å²) in [5.41, 5.74) is 1.46. The molecule has 0 aliphatic rings. The number of pyridine rings is 1. The topological polar surface area (TPSA) is 80.3 Å². The third kappa shape index (κ3) is 6.13. The first-order valence-corrected chi connectivity index (χ1v) is 7.10. The standard InChI is InChI=1S/C16H14F3N3O3/c17-16(18,19)9-25-14-7-11(5-6-20-14)8-21-15(24)12-1-3-13(4-2-12)22-10-23/h1-7,10H,8-9H2,(H,21,24)(H,22,23). The summed E-state index contributed by atoms with van der Waals surface area (Å²) < 4.78 is 40.9. The largest absolute Gasteiger partial charge is 0.468 e. The van der Waals surface area contributed by atoms with E-state index in [-0.39, 0.29) is 18.3 Å². The Labute approximate surface area is 141 Å². The summed E-state index contributed by atoms with van der Waals surface area (Å²) in [5, 5.41) is 5.08. The Kier molecular flexibility index (Phi) is 5.93. The van der Waals surface area contributed by atoms with Crippen LogP contribution in [0.15, 0.2) is 42.6 Å². The van der Waals surface area contributed by atoms with Crippen molar-refractivity contribution in [2.24, 2.45) is 0 Å². The van der Waals surface area contributed by atoms with Crippen LogP contribution in [0.3, 0.4) is 0 Å². The van der Waals surface area contributed by atoms with Gasteiger partial charge in [0.2, 0.25) is 12.3 Å². The number of benzene rings is 1. The van der Waals surface area contributed by atoms with Crippen LogP contribution in [-0.2, 0) is 11.3 Å². The van der Waals surface area contributed by atoms with E-state index in [1.165, 1.54) is 24.4 Å². The van der Waals surface area contributed by atoms with Gasteiger partial charge in [-0.05, 0) is 35.9 Å². The lowest BCUT2D eigenvalue weighted by Crippen LogP contribution is -2.23. The van der Waals surface area contributed by atoms with E-state index in [4.69, 9.17) is 0 Å². The molecule has 0 atom stereocenters. The Morgan fingerprint density at radius 1 is 1.20 bits per heavy atom. The second kappa shape index (κ2) is 8.13. The third-order valence-electron chi connectivity index (χ3n) is 3.01. The van der Waals surface area contributed by atoms with E-state index >= 15 is 0 Å². The van der Waals surface area contributed by atoms with Crippen molar-refractivity contribution in [2.75, 3.05) is 11.9 Å². The highest BCUT2D eigenvalue weighted by Gasteiger charge is 2.28. The van der Waals surface area contributed by atoms with Crippen LogP contribution in [0.5, 0.6) is 5.88 Å². The van der Waals surface area contributed by atoms with Crippen molar-refractivity contribution in [2.45, 2.75) is 12.7 Å². The van der Waals surface area contributed by atoms with Gasteiger partial charge in [-0.15, -0.1) is 0 Å². The third-order valence-corrected chi connectivity index (χ3v) is 3.01. The fourth-order valence-electron chi connectivity index (χ4n) is 1.87. The summed E-state index contributed by atoms with van der Waals surface area (Å²) in [4.78, 5) is 26.0. The van der Waals surface area contributed by atoms with Gasteiger partial charge in [0.25, 0.3) is 5.91 Å². The number of amides is 2. The predicted molar refractivity (Wildman–Crippen MR) is 83.1 cm³/mol. The lowest BCUT2D eigenvalue weighted by molar-refractivity contribution is -0.154. The summed E-state index contributed by atoms with van der Waals surface area (Å²) in [6.45, 7) is -1.34. The molecule has 0 spiro atoms. The number of rotatable bonds is 7. The molecule has 0 aliphatic heterocycles. The summed E-state index contributed by atoms with van der Waals surface area (Å²) in [5.74, 6) is -0.541. The van der Waals surface area contributed by atoms with Gasteiger partial charge in [0, 0.05) is 30.1 Å². The second-order valence-corrected chi connectivity index (χ2v) is 4.93. The SMILES string of the molecule is O=CNc1ccc(C(=O)NCc2ccnc(OCC(F)(F)F)c2)cc1. The number of carbonyl (C=O) groups is 2. The van der Waals surface area contributed by atoms with Crippen molar-refractivity contribution in [1.29, 1.82) is 0 Å². The van der Waals surface area contributed by atoms with E-state index < -0.39 is 12.8 Å². The van der Waals surface area contributed by atoms with Crippen molar-refractivity contribution in [3.63, 3.8) is 0 Å². The molecule has 2 aromatic rings. The zero-order chi connectivity index (χ0) is 18.3. The first kappa shape index (κ1) is 18.2. The summed E-state index contributed by atoms with van der Waals surface area (Å²) in [6.07, 6.45) is -2.62. The van der Waals surface area contributed by atoms with E-state index in [2.05, 4.69) is 20.4 Å². The van der Waals surface area contributed by atoms with Gasteiger partial charge in [-0.25, -0.2) is 4.98 Å². The molecule has 2 amide bonds. The van der Waals surface area contributed by atoms with Gasteiger partial charge in [-0.3, -0.25) is 9.59 Å².